The lowest BCUT2D eigenvalue weighted by molar-refractivity contribution is 0.415. The molecule has 0 bridgehead atoms. The van der Waals surface area contributed by atoms with Gasteiger partial charge in [0.15, 0.2) is 5.75 Å². The molecule has 3 heterocycles. The number of hydrogen-bond acceptors (Lipinski definition) is 8. The Balaban J connectivity index is 1.62. The minimum atomic E-state index is -0.472. The van der Waals surface area contributed by atoms with Crippen molar-refractivity contribution in [2.45, 2.75) is 17.4 Å². The first-order valence-corrected chi connectivity index (χ1v) is 7.85. The summed E-state index contributed by atoms with van der Waals surface area (Å²) in [4.78, 5) is 12.4. The van der Waals surface area contributed by atoms with Gasteiger partial charge in [-0.15, -0.1) is 21.5 Å². The maximum absolute atomic E-state index is 11.3. The molecule has 0 aliphatic carbocycles. The van der Waals surface area contributed by atoms with E-state index in [0.717, 1.165) is 11.1 Å². The molecule has 0 saturated carbocycles. The molecule has 0 spiro atoms. The fraction of sp³-hybridized carbons (Fsp3) is 0.154. The maximum Gasteiger partial charge on any atom is 0.277 e. The van der Waals surface area contributed by atoms with Crippen LogP contribution in [0, 0.1) is 0 Å². The second kappa shape index (κ2) is 6.15. The molecule has 0 aliphatic rings. The van der Waals surface area contributed by atoms with Crippen molar-refractivity contribution >= 4 is 23.1 Å². The lowest BCUT2D eigenvalue weighted by atomic mass is 10.3. The van der Waals surface area contributed by atoms with E-state index in [4.69, 9.17) is 13.9 Å². The number of hydrogen-bond donors (Lipinski definition) is 1. The summed E-state index contributed by atoms with van der Waals surface area (Å²) in [6, 6.07) is 5.22. The fourth-order valence-corrected chi connectivity index (χ4v) is 2.95. The summed E-state index contributed by atoms with van der Waals surface area (Å²) in [5.74, 6) is 0.948. The van der Waals surface area contributed by atoms with Gasteiger partial charge < -0.3 is 13.9 Å². The molecule has 3 aromatic heterocycles. The topological polar surface area (TPSA) is 89.4 Å². The molecule has 1 N–H and O–H groups in total. The van der Waals surface area contributed by atoms with E-state index in [1.807, 2.05) is 17.5 Å². The lowest BCUT2D eigenvalue weighted by Crippen LogP contribution is -1.98. The summed E-state index contributed by atoms with van der Waals surface area (Å²) >= 11 is 2.90. The Labute approximate surface area is 127 Å². The molecule has 8 heteroatoms. The van der Waals surface area contributed by atoms with Gasteiger partial charge in [0, 0.05) is 10.9 Å². The Morgan fingerprint density at radius 1 is 1.38 bits per heavy atom. The molecule has 108 valence electrons. The number of rotatable bonds is 5. The van der Waals surface area contributed by atoms with Gasteiger partial charge in [-0.05, 0) is 11.4 Å². The monoisotopic (exact) mass is 322 g/mol. The van der Waals surface area contributed by atoms with Crippen molar-refractivity contribution < 1.29 is 13.9 Å². The fourth-order valence-electron chi connectivity index (χ4n) is 1.58. The Bertz CT molecular complexity index is 780. The predicted molar refractivity (Wildman–Crippen MR) is 77.6 cm³/mol. The first-order valence-electron chi connectivity index (χ1n) is 5.99. The molecule has 0 amide bonds. The largest absolute Gasteiger partial charge is 0.502 e. The van der Waals surface area contributed by atoms with E-state index in [0.29, 0.717) is 29.0 Å². The van der Waals surface area contributed by atoms with Gasteiger partial charge in [0.25, 0.3) is 5.22 Å². The highest BCUT2D eigenvalue weighted by molar-refractivity contribution is 7.98. The van der Waals surface area contributed by atoms with Crippen LogP contribution in [-0.4, -0.2) is 15.3 Å². The molecule has 0 fully saturated rings. The van der Waals surface area contributed by atoms with Crippen LogP contribution in [0.4, 0.5) is 0 Å². The van der Waals surface area contributed by atoms with E-state index >= 15 is 0 Å². The van der Waals surface area contributed by atoms with Crippen LogP contribution >= 0.6 is 23.1 Å². The van der Waals surface area contributed by atoms with Gasteiger partial charge in [-0.2, -0.15) is 0 Å². The molecule has 0 saturated heterocycles. The quantitative estimate of drug-likeness (QED) is 0.722. The van der Waals surface area contributed by atoms with E-state index in [2.05, 4.69) is 10.2 Å². The van der Waals surface area contributed by atoms with E-state index in [1.54, 1.807) is 11.3 Å². The average Bonchev–Trinajstić information content (AvgIpc) is 3.13. The van der Waals surface area contributed by atoms with Crippen LogP contribution in [0.25, 0.3) is 0 Å². The lowest BCUT2D eigenvalue weighted by Gasteiger charge is -1.97. The van der Waals surface area contributed by atoms with E-state index in [1.165, 1.54) is 17.8 Å². The minimum absolute atomic E-state index is 0.371. The smallest absolute Gasteiger partial charge is 0.277 e. The maximum atomic E-state index is 11.3. The molecule has 3 rings (SSSR count). The van der Waals surface area contributed by atoms with Crippen molar-refractivity contribution in [1.29, 1.82) is 0 Å². The van der Waals surface area contributed by atoms with Crippen molar-refractivity contribution in [3.63, 3.8) is 0 Å². The van der Waals surface area contributed by atoms with Gasteiger partial charge in [-0.1, -0.05) is 17.8 Å². The Morgan fingerprint density at radius 2 is 2.29 bits per heavy atom. The van der Waals surface area contributed by atoms with Gasteiger partial charge in [-0.3, -0.25) is 4.79 Å². The zero-order valence-electron chi connectivity index (χ0n) is 10.7. The van der Waals surface area contributed by atoms with E-state index in [9.17, 15) is 4.79 Å². The predicted octanol–water partition coefficient (Wildman–Crippen LogP) is 2.67. The van der Waals surface area contributed by atoms with Crippen LogP contribution in [0.1, 0.15) is 16.5 Å². The SMILES string of the molecule is O=c1cc(CSc2nnc(Cc3cccs3)o2)occ1O. The third kappa shape index (κ3) is 3.53. The summed E-state index contributed by atoms with van der Waals surface area (Å²) in [6.07, 6.45) is 1.63. The first kappa shape index (κ1) is 13.9. The van der Waals surface area contributed by atoms with Gasteiger partial charge in [-0.25, -0.2) is 0 Å². The summed E-state index contributed by atoms with van der Waals surface area (Å²) < 4.78 is 10.6. The molecular weight excluding hydrogens is 312 g/mol. The van der Waals surface area contributed by atoms with Crippen LogP contribution in [0.3, 0.4) is 0 Å². The third-order valence-corrected chi connectivity index (χ3v) is 4.28. The zero-order chi connectivity index (χ0) is 14.7. The Morgan fingerprint density at radius 3 is 3.05 bits per heavy atom. The van der Waals surface area contributed by atoms with Gasteiger partial charge in [0.1, 0.15) is 12.0 Å². The van der Waals surface area contributed by atoms with Crippen LogP contribution in [-0.2, 0) is 12.2 Å². The van der Waals surface area contributed by atoms with Crippen molar-refractivity contribution in [2.75, 3.05) is 0 Å². The molecule has 21 heavy (non-hydrogen) atoms. The van der Waals surface area contributed by atoms with Crippen molar-refractivity contribution in [2.24, 2.45) is 0 Å². The number of aromatic nitrogens is 2. The second-order valence-electron chi connectivity index (χ2n) is 4.10. The van der Waals surface area contributed by atoms with E-state index in [-0.39, 0.29) is 0 Å². The number of aromatic hydroxyl groups is 1. The summed E-state index contributed by atoms with van der Waals surface area (Å²) in [5, 5.41) is 19.4. The molecular formula is C13H10N2O4S2. The van der Waals surface area contributed by atoms with E-state index < -0.39 is 11.2 Å². The molecule has 0 radical (unpaired) electrons. The van der Waals surface area contributed by atoms with Crippen molar-refractivity contribution in [1.82, 2.24) is 10.2 Å². The first-order chi connectivity index (χ1) is 10.2. The highest BCUT2D eigenvalue weighted by atomic mass is 32.2. The average molecular weight is 322 g/mol. The summed E-state index contributed by atoms with van der Waals surface area (Å²) in [6.45, 7) is 0. The highest BCUT2D eigenvalue weighted by Crippen LogP contribution is 2.23. The molecule has 6 nitrogen and oxygen atoms in total. The van der Waals surface area contributed by atoms with Gasteiger partial charge in [0.05, 0.1) is 12.2 Å². The number of thiophene rings is 1. The summed E-state index contributed by atoms with van der Waals surface area (Å²) in [5.41, 5.74) is -0.472. The molecule has 0 atom stereocenters. The normalized spacial score (nSPS) is 10.9. The standard InChI is InChI=1S/C13H10N2O4S2/c16-10-4-8(18-6-11(10)17)7-21-13-15-14-12(19-13)5-9-2-1-3-20-9/h1-4,6,17H,5,7H2. The van der Waals surface area contributed by atoms with Gasteiger partial charge in [0.2, 0.25) is 11.3 Å². The number of nitrogens with zero attached hydrogens (tertiary/aromatic N) is 2. The number of thioether (sulfide) groups is 1. The zero-order valence-corrected chi connectivity index (χ0v) is 12.3. The summed E-state index contributed by atoms with van der Waals surface area (Å²) in [7, 11) is 0. The van der Waals surface area contributed by atoms with Crippen LogP contribution in [0.5, 0.6) is 5.75 Å². The van der Waals surface area contributed by atoms with Crippen molar-refractivity contribution in [3.05, 3.63) is 56.6 Å². The van der Waals surface area contributed by atoms with Crippen LogP contribution < -0.4 is 5.43 Å². The Kier molecular flexibility index (Phi) is 4.07. The molecule has 0 unspecified atom stereocenters. The minimum Gasteiger partial charge on any atom is -0.502 e. The molecule has 3 aromatic rings. The van der Waals surface area contributed by atoms with Gasteiger partial charge >= 0.3 is 0 Å². The molecule has 0 aliphatic heterocycles. The third-order valence-electron chi connectivity index (χ3n) is 2.56. The van der Waals surface area contributed by atoms with Crippen LogP contribution in [0.15, 0.2) is 48.7 Å². The van der Waals surface area contributed by atoms with Crippen molar-refractivity contribution in [3.8, 4) is 5.75 Å². The second-order valence-corrected chi connectivity index (χ2v) is 6.06. The Hall–Kier alpha value is -2.06. The van der Waals surface area contributed by atoms with Crippen LogP contribution in [0.2, 0.25) is 0 Å². The molecule has 0 aromatic carbocycles. The highest BCUT2D eigenvalue weighted by Gasteiger charge is 2.10.